The Bertz CT molecular complexity index is 2610. The van der Waals surface area contributed by atoms with Gasteiger partial charge < -0.3 is 14.4 Å². The zero-order valence-electron chi connectivity index (χ0n) is 35.1. The fourth-order valence-corrected chi connectivity index (χ4v) is 5.60. The fourth-order valence-electron chi connectivity index (χ4n) is 5.60. The number of pyridine rings is 3. The van der Waals surface area contributed by atoms with Gasteiger partial charge in [0.2, 0.25) is 0 Å². The summed E-state index contributed by atoms with van der Waals surface area (Å²) in [5, 5.41) is 4.32. The predicted octanol–water partition coefficient (Wildman–Crippen LogP) is 11.4. The van der Waals surface area contributed by atoms with Crippen LogP contribution in [0.5, 0.6) is 0 Å². The first-order valence-electron chi connectivity index (χ1n) is 19.6. The van der Waals surface area contributed by atoms with Gasteiger partial charge in [0.25, 0.3) is 0 Å². The van der Waals surface area contributed by atoms with Crippen molar-refractivity contribution in [2.45, 2.75) is 40.8 Å². The van der Waals surface area contributed by atoms with Crippen LogP contribution in [-0.4, -0.2) is 15.0 Å². The summed E-state index contributed by atoms with van der Waals surface area (Å²) in [4.78, 5) is 13.3. The number of aryl methyl sites for hydroxylation is 2. The number of rotatable bonds is 4. The van der Waals surface area contributed by atoms with Crippen molar-refractivity contribution in [2.75, 3.05) is 0 Å². The van der Waals surface area contributed by atoms with Gasteiger partial charge in [-0.2, -0.15) is 0 Å². The van der Waals surface area contributed by atoms with Crippen molar-refractivity contribution in [3.05, 3.63) is 151 Å². The molecule has 0 saturated carbocycles. The molecule has 0 amide bonds. The summed E-state index contributed by atoms with van der Waals surface area (Å²) in [6.45, 7) is 1.35. The van der Waals surface area contributed by atoms with Gasteiger partial charge >= 0.3 is 0 Å². The summed E-state index contributed by atoms with van der Waals surface area (Å²) < 4.78 is 67.1. The standard InChI is InChI=1S/C31H25N2O.C13H12N.Ir/c1-31(2,3)18-20-11-14-27(33-19-20)22-15-16-32-28(17-22)26-10-6-9-24-25-13-12-21-7-4-5-8-23(21)29(25)34-30(24)26;1-10-3-6-12(7-4-10)13-8-5-11(2)9-14-13;/h4-9,11-17,19H,18H2,1-3H3;3-6,8-9H,1-2H3;/q2*-1;/i18D2;1D3,2D3;. The van der Waals surface area contributed by atoms with Crippen LogP contribution in [0.4, 0.5) is 0 Å². The van der Waals surface area contributed by atoms with Gasteiger partial charge in [-0.05, 0) is 64.2 Å². The molecular weight excluding hydrogens is 779 g/mol. The van der Waals surface area contributed by atoms with E-state index in [1.807, 2.05) is 69.3 Å². The fraction of sp³-hybridized carbons (Fsp3) is 0.159. The van der Waals surface area contributed by atoms with Crippen LogP contribution in [0.1, 0.15) is 48.4 Å². The summed E-state index contributed by atoms with van der Waals surface area (Å²) in [5.41, 5.74) is 6.41. The molecule has 0 N–H and O–H groups in total. The SMILES string of the molecule is [2H]C([2H])([2H])c1c[c-]c(-c2ccc(C([2H])([2H])[2H])cn2)cc1.[2H]C([2H])(c1ccc(-c2ccnc(-c3[c-]ccc4c3oc3c5ccccc5ccc43)c2)nc1)C(C)(C)C.[Ir]. The second-order valence-electron chi connectivity index (χ2n) is 12.5. The van der Waals surface area contributed by atoms with Crippen LogP contribution in [-0.2, 0) is 26.5 Å². The van der Waals surface area contributed by atoms with Crippen LogP contribution in [0.2, 0.25) is 0 Å². The largest absolute Gasteiger partial charge is 0.500 e. The smallest absolute Gasteiger partial charge is 0.128 e. The van der Waals surface area contributed by atoms with Gasteiger partial charge in [0, 0.05) is 60.4 Å². The van der Waals surface area contributed by atoms with Gasteiger partial charge in [-0.1, -0.05) is 99.2 Å². The molecule has 0 unspecified atom stereocenters. The van der Waals surface area contributed by atoms with Gasteiger partial charge in [-0.25, -0.2) is 0 Å². The zero-order chi connectivity index (χ0) is 40.0. The molecule has 0 saturated heterocycles. The molecule has 0 aliphatic heterocycles. The van der Waals surface area contributed by atoms with E-state index in [1.54, 1.807) is 24.5 Å². The number of benzene rings is 4. The molecule has 8 rings (SSSR count). The Morgan fingerprint density at radius 3 is 2.24 bits per heavy atom. The third-order valence-corrected chi connectivity index (χ3v) is 7.77. The minimum absolute atomic E-state index is 0. The van der Waals surface area contributed by atoms with Crippen LogP contribution in [0.15, 0.2) is 126 Å². The van der Waals surface area contributed by atoms with Gasteiger partial charge in [-0.3, -0.25) is 4.98 Å². The minimum Gasteiger partial charge on any atom is -0.500 e. The molecule has 0 bridgehead atoms. The van der Waals surface area contributed by atoms with E-state index >= 15 is 0 Å². The monoisotopic (exact) mass is 824 g/mol. The van der Waals surface area contributed by atoms with E-state index in [4.69, 9.17) is 15.4 Å². The average molecular weight is 824 g/mol. The molecule has 4 nitrogen and oxygen atoms in total. The molecule has 5 heteroatoms. The molecule has 4 aromatic heterocycles. The summed E-state index contributed by atoms with van der Waals surface area (Å²) in [5.74, 6) is 0. The van der Waals surface area contributed by atoms with Crippen molar-refractivity contribution in [1.29, 1.82) is 0 Å². The maximum atomic E-state index is 8.52. The van der Waals surface area contributed by atoms with Crippen LogP contribution in [0.3, 0.4) is 0 Å². The molecule has 0 atom stereocenters. The first-order chi connectivity index (χ1) is 26.4. The van der Waals surface area contributed by atoms with Crippen molar-refractivity contribution >= 4 is 32.7 Å². The van der Waals surface area contributed by atoms with E-state index in [2.05, 4.69) is 51.4 Å². The molecule has 245 valence electrons. The Morgan fingerprint density at radius 2 is 1.51 bits per heavy atom. The number of aromatic nitrogens is 3. The third kappa shape index (κ3) is 7.54. The number of hydrogen-bond donors (Lipinski definition) is 0. The molecule has 49 heavy (non-hydrogen) atoms. The van der Waals surface area contributed by atoms with Crippen LogP contribution < -0.4 is 0 Å². The van der Waals surface area contributed by atoms with Crippen LogP contribution >= 0.6 is 0 Å². The van der Waals surface area contributed by atoms with Crippen molar-refractivity contribution in [3.63, 3.8) is 0 Å². The van der Waals surface area contributed by atoms with Gasteiger partial charge in [0.1, 0.15) is 5.58 Å². The average Bonchev–Trinajstić information content (AvgIpc) is 3.57. The second-order valence-corrected chi connectivity index (χ2v) is 12.5. The number of hydrogen-bond acceptors (Lipinski definition) is 4. The Kier molecular flexibility index (Phi) is 7.30. The van der Waals surface area contributed by atoms with Crippen molar-refractivity contribution in [3.8, 4) is 33.8 Å². The maximum Gasteiger partial charge on any atom is 0.128 e. The van der Waals surface area contributed by atoms with E-state index in [0.29, 0.717) is 16.8 Å². The van der Waals surface area contributed by atoms with Gasteiger partial charge in [-0.15, -0.1) is 53.6 Å². The topological polar surface area (TPSA) is 51.8 Å². The maximum absolute atomic E-state index is 8.52. The summed E-state index contributed by atoms with van der Waals surface area (Å²) in [6.07, 6.45) is 3.21. The van der Waals surface area contributed by atoms with E-state index in [-0.39, 0.29) is 31.2 Å². The summed E-state index contributed by atoms with van der Waals surface area (Å²) >= 11 is 0. The molecule has 8 aromatic rings. The van der Waals surface area contributed by atoms with Crippen molar-refractivity contribution < 1.29 is 35.5 Å². The Morgan fingerprint density at radius 1 is 0.714 bits per heavy atom. The first-order valence-corrected chi connectivity index (χ1v) is 15.6. The number of furan rings is 1. The van der Waals surface area contributed by atoms with Crippen LogP contribution in [0.25, 0.3) is 66.5 Å². The second kappa shape index (κ2) is 14.3. The van der Waals surface area contributed by atoms with E-state index in [1.165, 1.54) is 24.4 Å². The molecule has 0 aliphatic carbocycles. The molecule has 4 aromatic carbocycles. The van der Waals surface area contributed by atoms with E-state index in [0.717, 1.165) is 55.2 Å². The Balaban J connectivity index is 0.000000223. The predicted molar refractivity (Wildman–Crippen MR) is 198 cm³/mol. The third-order valence-electron chi connectivity index (χ3n) is 7.77. The summed E-state index contributed by atoms with van der Waals surface area (Å²) in [6, 6.07) is 37.8. The molecule has 4 heterocycles. The first kappa shape index (κ1) is 25.1. The van der Waals surface area contributed by atoms with Crippen molar-refractivity contribution in [1.82, 2.24) is 15.0 Å². The van der Waals surface area contributed by atoms with E-state index in [9.17, 15) is 0 Å². The molecular formula is C44H37IrN3O-2. The van der Waals surface area contributed by atoms with Crippen LogP contribution in [0, 0.1) is 31.3 Å². The van der Waals surface area contributed by atoms with E-state index < -0.39 is 25.5 Å². The molecule has 0 fully saturated rings. The van der Waals surface area contributed by atoms with Gasteiger partial charge in [0.15, 0.2) is 0 Å². The van der Waals surface area contributed by atoms with Gasteiger partial charge in [0.05, 0.1) is 11.3 Å². The Labute approximate surface area is 312 Å². The van der Waals surface area contributed by atoms with Crippen molar-refractivity contribution in [2.24, 2.45) is 5.41 Å². The molecule has 1 radical (unpaired) electrons. The molecule has 0 spiro atoms. The molecule has 0 aliphatic rings. The number of fused-ring (bicyclic) bond motifs is 5. The quantitative estimate of drug-likeness (QED) is 0.166. The Hall–Kier alpha value is -4.96. The minimum atomic E-state index is -2.18. The number of nitrogens with zero attached hydrogens (tertiary/aromatic N) is 3. The zero-order valence-corrected chi connectivity index (χ0v) is 29.5. The summed E-state index contributed by atoms with van der Waals surface area (Å²) in [7, 11) is 0. The normalized spacial score (nSPS) is 14.5.